The molecule has 0 aliphatic rings. The zero-order chi connectivity index (χ0) is 12.8. The van der Waals surface area contributed by atoms with Gasteiger partial charge in [-0.1, -0.05) is 54.6 Å². The summed E-state index contributed by atoms with van der Waals surface area (Å²) in [6.45, 7) is 0. The number of amides is 1. The molecule has 3 heteroatoms. The zero-order valence-electron chi connectivity index (χ0n) is 9.71. The monoisotopic (exact) mass is 239 g/mol. The number of hydrogen-bond donors (Lipinski definition) is 2. The van der Waals surface area contributed by atoms with Gasteiger partial charge in [-0.2, -0.15) is 0 Å². The minimum Gasteiger partial charge on any atom is -0.288 e. The number of carbonyl (C=O) groups excluding carboxylic acids is 1. The molecule has 0 bridgehead atoms. The molecule has 90 valence electrons. The lowest BCUT2D eigenvalue weighted by molar-refractivity contribution is -0.124. The second-order valence-corrected chi connectivity index (χ2v) is 3.80. The van der Waals surface area contributed by atoms with E-state index in [4.69, 9.17) is 5.21 Å². The lowest BCUT2D eigenvalue weighted by Crippen LogP contribution is -2.14. The van der Waals surface area contributed by atoms with Gasteiger partial charge in [0.25, 0.3) is 5.91 Å². The highest BCUT2D eigenvalue weighted by atomic mass is 16.5. The van der Waals surface area contributed by atoms with Gasteiger partial charge >= 0.3 is 0 Å². The number of nitrogens with one attached hydrogen (secondary N) is 1. The first-order valence-electron chi connectivity index (χ1n) is 5.57. The van der Waals surface area contributed by atoms with Crippen molar-refractivity contribution < 1.29 is 10.0 Å². The van der Waals surface area contributed by atoms with Gasteiger partial charge in [0.1, 0.15) is 0 Å². The van der Waals surface area contributed by atoms with Crippen molar-refractivity contribution >= 4 is 12.0 Å². The summed E-state index contributed by atoms with van der Waals surface area (Å²) >= 11 is 0. The number of hydrogen-bond acceptors (Lipinski definition) is 2. The van der Waals surface area contributed by atoms with Crippen LogP contribution in [0.1, 0.15) is 5.56 Å². The topological polar surface area (TPSA) is 49.3 Å². The summed E-state index contributed by atoms with van der Waals surface area (Å²) in [6.07, 6.45) is 2.91. The largest absolute Gasteiger partial charge is 0.288 e. The molecule has 0 aromatic heterocycles. The molecule has 2 aromatic carbocycles. The van der Waals surface area contributed by atoms with Crippen LogP contribution in [-0.2, 0) is 4.79 Å². The lowest BCUT2D eigenvalue weighted by Gasteiger charge is -2.01. The molecule has 0 atom stereocenters. The normalized spacial score (nSPS) is 10.5. The Balaban J connectivity index is 2.16. The SMILES string of the molecule is O=C(/C=C/c1ccc(-c2ccccc2)cc1)NO. The first kappa shape index (κ1) is 12.1. The van der Waals surface area contributed by atoms with Crippen molar-refractivity contribution in [3.8, 4) is 11.1 Å². The summed E-state index contributed by atoms with van der Waals surface area (Å²) in [5.74, 6) is -0.540. The highest BCUT2D eigenvalue weighted by Gasteiger charge is 1.96. The van der Waals surface area contributed by atoms with E-state index in [9.17, 15) is 4.79 Å². The van der Waals surface area contributed by atoms with Gasteiger partial charge in [0.2, 0.25) is 0 Å². The van der Waals surface area contributed by atoms with Crippen LogP contribution in [0.3, 0.4) is 0 Å². The molecule has 0 heterocycles. The minimum absolute atomic E-state index is 0.540. The van der Waals surface area contributed by atoms with Crippen molar-refractivity contribution in [1.29, 1.82) is 0 Å². The first-order chi connectivity index (χ1) is 8.79. The van der Waals surface area contributed by atoms with Gasteiger partial charge in [-0.05, 0) is 22.8 Å². The molecule has 3 nitrogen and oxygen atoms in total. The van der Waals surface area contributed by atoms with Crippen molar-refractivity contribution in [2.45, 2.75) is 0 Å². The summed E-state index contributed by atoms with van der Waals surface area (Å²) in [6, 6.07) is 17.9. The fourth-order valence-corrected chi connectivity index (χ4v) is 1.63. The highest BCUT2D eigenvalue weighted by molar-refractivity contribution is 5.90. The van der Waals surface area contributed by atoms with E-state index in [1.165, 1.54) is 6.08 Å². The lowest BCUT2D eigenvalue weighted by atomic mass is 10.0. The van der Waals surface area contributed by atoms with Crippen molar-refractivity contribution in [1.82, 2.24) is 5.48 Å². The predicted molar refractivity (Wildman–Crippen MR) is 70.8 cm³/mol. The molecule has 18 heavy (non-hydrogen) atoms. The van der Waals surface area contributed by atoms with Crippen LogP contribution < -0.4 is 5.48 Å². The van der Waals surface area contributed by atoms with Crippen LogP contribution in [0.25, 0.3) is 17.2 Å². The molecule has 2 N–H and O–H groups in total. The van der Waals surface area contributed by atoms with Crippen LogP contribution in [0.15, 0.2) is 60.7 Å². The van der Waals surface area contributed by atoms with Crippen LogP contribution in [0, 0.1) is 0 Å². The zero-order valence-corrected chi connectivity index (χ0v) is 9.71. The Kier molecular flexibility index (Phi) is 3.89. The standard InChI is InChI=1S/C15H13NO2/c17-15(16-18)11-8-12-6-9-14(10-7-12)13-4-2-1-3-5-13/h1-11,18H,(H,16,17)/b11-8+. The maximum absolute atomic E-state index is 10.8. The Morgan fingerprint density at radius 1 is 0.944 bits per heavy atom. The van der Waals surface area contributed by atoms with Crippen molar-refractivity contribution in [3.05, 3.63) is 66.2 Å². The Hall–Kier alpha value is -2.39. The second-order valence-electron chi connectivity index (χ2n) is 3.80. The van der Waals surface area contributed by atoms with Gasteiger partial charge in [0, 0.05) is 6.08 Å². The molecule has 0 saturated carbocycles. The van der Waals surface area contributed by atoms with E-state index in [-0.39, 0.29) is 0 Å². The van der Waals surface area contributed by atoms with Crippen LogP contribution in [0.2, 0.25) is 0 Å². The van der Waals surface area contributed by atoms with E-state index in [1.807, 2.05) is 54.6 Å². The summed E-state index contributed by atoms with van der Waals surface area (Å²) in [7, 11) is 0. The average molecular weight is 239 g/mol. The molecule has 0 aliphatic heterocycles. The number of benzene rings is 2. The molecule has 0 unspecified atom stereocenters. The van der Waals surface area contributed by atoms with E-state index in [0.717, 1.165) is 16.7 Å². The molecule has 1 amide bonds. The molecular weight excluding hydrogens is 226 g/mol. The van der Waals surface area contributed by atoms with Crippen LogP contribution in [-0.4, -0.2) is 11.1 Å². The van der Waals surface area contributed by atoms with Crippen molar-refractivity contribution in [2.24, 2.45) is 0 Å². The third-order valence-electron chi connectivity index (χ3n) is 2.56. The van der Waals surface area contributed by atoms with Crippen LogP contribution >= 0.6 is 0 Å². The van der Waals surface area contributed by atoms with E-state index >= 15 is 0 Å². The van der Waals surface area contributed by atoms with Crippen LogP contribution in [0.4, 0.5) is 0 Å². The predicted octanol–water partition coefficient (Wildman–Crippen LogP) is 2.87. The average Bonchev–Trinajstić information content (AvgIpc) is 2.46. The third-order valence-corrected chi connectivity index (χ3v) is 2.56. The fraction of sp³-hybridized carbons (Fsp3) is 0. The molecule has 2 aromatic rings. The molecule has 0 radical (unpaired) electrons. The van der Waals surface area contributed by atoms with E-state index in [2.05, 4.69) is 0 Å². The molecule has 0 saturated heterocycles. The van der Waals surface area contributed by atoms with Gasteiger partial charge in [-0.15, -0.1) is 0 Å². The quantitative estimate of drug-likeness (QED) is 0.491. The number of rotatable bonds is 3. The van der Waals surface area contributed by atoms with Gasteiger partial charge in [-0.3, -0.25) is 10.0 Å². The van der Waals surface area contributed by atoms with E-state index in [1.54, 1.807) is 11.6 Å². The highest BCUT2D eigenvalue weighted by Crippen LogP contribution is 2.19. The number of carbonyl (C=O) groups is 1. The summed E-state index contributed by atoms with van der Waals surface area (Å²) in [5, 5.41) is 8.35. The summed E-state index contributed by atoms with van der Waals surface area (Å²) in [5.41, 5.74) is 4.73. The maximum Gasteiger partial charge on any atom is 0.267 e. The Morgan fingerprint density at radius 2 is 1.56 bits per heavy atom. The molecule has 0 spiro atoms. The molecular formula is C15H13NO2. The fourth-order valence-electron chi connectivity index (χ4n) is 1.63. The Bertz CT molecular complexity index is 544. The van der Waals surface area contributed by atoms with Crippen molar-refractivity contribution in [3.63, 3.8) is 0 Å². The van der Waals surface area contributed by atoms with Gasteiger partial charge in [0.15, 0.2) is 0 Å². The third kappa shape index (κ3) is 3.06. The van der Waals surface area contributed by atoms with E-state index < -0.39 is 5.91 Å². The second kappa shape index (κ2) is 5.80. The van der Waals surface area contributed by atoms with Gasteiger partial charge in [-0.25, -0.2) is 5.48 Å². The smallest absolute Gasteiger partial charge is 0.267 e. The molecule has 0 aliphatic carbocycles. The maximum atomic E-state index is 10.8. The van der Waals surface area contributed by atoms with Crippen molar-refractivity contribution in [2.75, 3.05) is 0 Å². The summed E-state index contributed by atoms with van der Waals surface area (Å²) in [4.78, 5) is 10.8. The van der Waals surface area contributed by atoms with Gasteiger partial charge < -0.3 is 0 Å². The van der Waals surface area contributed by atoms with Crippen LogP contribution in [0.5, 0.6) is 0 Å². The molecule has 0 fully saturated rings. The van der Waals surface area contributed by atoms with Gasteiger partial charge in [0.05, 0.1) is 0 Å². The Labute approximate surface area is 105 Å². The first-order valence-corrected chi connectivity index (χ1v) is 5.57. The minimum atomic E-state index is -0.540. The summed E-state index contributed by atoms with van der Waals surface area (Å²) < 4.78 is 0. The molecule has 2 rings (SSSR count). The van der Waals surface area contributed by atoms with E-state index in [0.29, 0.717) is 0 Å². The number of hydroxylamine groups is 1. The Morgan fingerprint density at radius 3 is 2.17 bits per heavy atom.